The van der Waals surface area contributed by atoms with Gasteiger partial charge in [-0.3, -0.25) is 9.97 Å². The predicted molar refractivity (Wildman–Crippen MR) is 127 cm³/mol. The van der Waals surface area contributed by atoms with E-state index in [9.17, 15) is 4.39 Å². The average Bonchev–Trinajstić information content (AvgIpc) is 3.53. The van der Waals surface area contributed by atoms with Crippen molar-refractivity contribution in [1.29, 1.82) is 0 Å². The standard InChI is InChI=1S/C26H37FN4O/c1-18(16-32-3)31-21-6-4-19(5-7-21)10-22-12-24(25(27)15-29-22)20-11-23(14-28-13-20)30-17-26(2)8-9-26/h11-15,18-19,21,30-31H,4-10,16-17H2,1-3H3/t18-,19?,21?/m0/s1. The number of nitrogens with zero attached hydrogens (tertiary/aromatic N) is 2. The lowest BCUT2D eigenvalue weighted by atomic mass is 9.83. The Balaban J connectivity index is 1.36. The summed E-state index contributed by atoms with van der Waals surface area (Å²) in [6, 6.07) is 4.86. The molecule has 2 aromatic heterocycles. The molecule has 0 radical (unpaired) electrons. The molecule has 2 heterocycles. The molecule has 2 aliphatic rings. The van der Waals surface area contributed by atoms with Crippen LogP contribution in [0, 0.1) is 17.2 Å². The average molecular weight is 441 g/mol. The van der Waals surface area contributed by atoms with Gasteiger partial charge in [0.25, 0.3) is 0 Å². The molecule has 5 nitrogen and oxygen atoms in total. The fraction of sp³-hybridized carbons (Fsp3) is 0.615. The van der Waals surface area contributed by atoms with Crippen molar-refractivity contribution >= 4 is 5.69 Å². The van der Waals surface area contributed by atoms with Crippen LogP contribution in [0.3, 0.4) is 0 Å². The van der Waals surface area contributed by atoms with E-state index in [2.05, 4.69) is 34.4 Å². The molecule has 2 aliphatic carbocycles. The Morgan fingerprint density at radius 3 is 2.66 bits per heavy atom. The fourth-order valence-corrected chi connectivity index (χ4v) is 4.73. The maximum Gasteiger partial charge on any atom is 0.149 e. The van der Waals surface area contributed by atoms with Gasteiger partial charge in [-0.25, -0.2) is 4.39 Å². The van der Waals surface area contributed by atoms with E-state index in [1.54, 1.807) is 13.3 Å². The van der Waals surface area contributed by atoms with Crippen molar-refractivity contribution in [2.75, 3.05) is 25.6 Å². The van der Waals surface area contributed by atoms with Crippen molar-refractivity contribution in [3.05, 3.63) is 42.2 Å². The molecule has 0 amide bonds. The molecule has 4 rings (SSSR count). The maximum atomic E-state index is 14.7. The van der Waals surface area contributed by atoms with Crippen LogP contribution >= 0.6 is 0 Å². The highest BCUT2D eigenvalue weighted by molar-refractivity contribution is 5.67. The summed E-state index contributed by atoms with van der Waals surface area (Å²) in [4.78, 5) is 8.75. The quantitative estimate of drug-likeness (QED) is 0.530. The topological polar surface area (TPSA) is 59.1 Å². The van der Waals surface area contributed by atoms with Crippen molar-refractivity contribution in [3.63, 3.8) is 0 Å². The summed E-state index contributed by atoms with van der Waals surface area (Å²) in [5.41, 5.74) is 3.71. The van der Waals surface area contributed by atoms with Gasteiger partial charge in [0.05, 0.1) is 18.5 Å². The van der Waals surface area contributed by atoms with Crippen LogP contribution in [0.15, 0.2) is 30.7 Å². The number of pyridine rings is 2. The SMILES string of the molecule is COC[C@H](C)NC1CCC(Cc2cc(-c3cncc(NCC4(C)CC4)c3)c(F)cn2)CC1. The minimum atomic E-state index is -0.290. The zero-order valence-electron chi connectivity index (χ0n) is 19.7. The van der Waals surface area contributed by atoms with Gasteiger partial charge in [0.15, 0.2) is 0 Å². The Morgan fingerprint density at radius 2 is 1.94 bits per heavy atom. The molecule has 2 fully saturated rings. The summed E-state index contributed by atoms with van der Waals surface area (Å²) in [5.74, 6) is 0.309. The molecule has 0 saturated heterocycles. The van der Waals surface area contributed by atoms with Crippen LogP contribution in [0.4, 0.5) is 10.1 Å². The third-order valence-electron chi connectivity index (χ3n) is 7.07. The van der Waals surface area contributed by atoms with Gasteiger partial charge >= 0.3 is 0 Å². The number of halogens is 1. The zero-order valence-corrected chi connectivity index (χ0v) is 19.7. The molecule has 0 bridgehead atoms. The van der Waals surface area contributed by atoms with Gasteiger partial charge in [0.1, 0.15) is 5.82 Å². The van der Waals surface area contributed by atoms with E-state index in [-0.39, 0.29) is 5.82 Å². The van der Waals surface area contributed by atoms with E-state index in [0.29, 0.717) is 29.0 Å². The second-order valence-electron chi connectivity index (χ2n) is 10.2. The highest BCUT2D eigenvalue weighted by atomic mass is 19.1. The summed E-state index contributed by atoms with van der Waals surface area (Å²) in [7, 11) is 1.75. The van der Waals surface area contributed by atoms with Gasteiger partial charge in [-0.2, -0.15) is 0 Å². The van der Waals surface area contributed by atoms with Crippen molar-refractivity contribution < 1.29 is 9.13 Å². The summed E-state index contributed by atoms with van der Waals surface area (Å²) >= 11 is 0. The second-order valence-corrected chi connectivity index (χ2v) is 10.2. The fourth-order valence-electron chi connectivity index (χ4n) is 4.73. The van der Waals surface area contributed by atoms with Crippen molar-refractivity contribution in [3.8, 4) is 11.1 Å². The van der Waals surface area contributed by atoms with E-state index in [1.165, 1.54) is 44.7 Å². The van der Waals surface area contributed by atoms with Crippen LogP contribution in [-0.2, 0) is 11.2 Å². The molecular formula is C26H37FN4O. The number of nitrogens with one attached hydrogen (secondary N) is 2. The largest absolute Gasteiger partial charge is 0.383 e. The number of anilines is 1. The number of hydrogen-bond donors (Lipinski definition) is 2. The van der Waals surface area contributed by atoms with Crippen LogP contribution in [0.2, 0.25) is 0 Å². The minimum absolute atomic E-state index is 0.290. The molecule has 2 N–H and O–H groups in total. The third-order valence-corrected chi connectivity index (χ3v) is 7.07. The molecule has 0 spiro atoms. The number of ether oxygens (including phenoxy) is 1. The van der Waals surface area contributed by atoms with Gasteiger partial charge < -0.3 is 15.4 Å². The Labute approximate surface area is 191 Å². The lowest BCUT2D eigenvalue weighted by molar-refractivity contribution is 0.158. The Bertz CT molecular complexity index is 893. The van der Waals surface area contributed by atoms with Crippen molar-refractivity contribution in [2.45, 2.75) is 70.9 Å². The Kier molecular flexibility index (Phi) is 7.41. The molecule has 32 heavy (non-hydrogen) atoms. The summed E-state index contributed by atoms with van der Waals surface area (Å²) in [6.45, 7) is 6.14. The molecule has 2 aromatic rings. The molecule has 2 saturated carbocycles. The van der Waals surface area contributed by atoms with Crippen LogP contribution in [0.25, 0.3) is 11.1 Å². The molecular weight excluding hydrogens is 403 g/mol. The summed E-state index contributed by atoms with van der Waals surface area (Å²) in [5, 5.41) is 7.14. The monoisotopic (exact) mass is 440 g/mol. The molecule has 0 aliphatic heterocycles. The number of hydrogen-bond acceptors (Lipinski definition) is 5. The van der Waals surface area contributed by atoms with Gasteiger partial charge in [0, 0.05) is 55.0 Å². The molecule has 6 heteroatoms. The van der Waals surface area contributed by atoms with Crippen molar-refractivity contribution in [2.24, 2.45) is 11.3 Å². The first-order valence-corrected chi connectivity index (χ1v) is 12.0. The number of aromatic nitrogens is 2. The molecule has 174 valence electrons. The minimum Gasteiger partial charge on any atom is -0.383 e. The van der Waals surface area contributed by atoms with Crippen LogP contribution in [0.5, 0.6) is 0 Å². The van der Waals surface area contributed by atoms with Crippen molar-refractivity contribution in [1.82, 2.24) is 15.3 Å². The van der Waals surface area contributed by atoms with Crippen LogP contribution in [-0.4, -0.2) is 42.3 Å². The van der Waals surface area contributed by atoms with Crippen LogP contribution in [0.1, 0.15) is 58.1 Å². The normalized spacial score (nSPS) is 23.0. The summed E-state index contributed by atoms with van der Waals surface area (Å²) in [6.07, 6.45) is 13.0. The lowest BCUT2D eigenvalue weighted by Crippen LogP contribution is -2.41. The molecule has 1 atom stereocenters. The number of methoxy groups -OCH3 is 1. The van der Waals surface area contributed by atoms with Gasteiger partial charge in [0.2, 0.25) is 0 Å². The van der Waals surface area contributed by atoms with E-state index >= 15 is 0 Å². The maximum absolute atomic E-state index is 14.7. The highest BCUT2D eigenvalue weighted by Crippen LogP contribution is 2.44. The van der Waals surface area contributed by atoms with Gasteiger partial charge in [-0.1, -0.05) is 6.92 Å². The Morgan fingerprint density at radius 1 is 1.16 bits per heavy atom. The van der Waals surface area contributed by atoms with Gasteiger partial charge in [-0.15, -0.1) is 0 Å². The third kappa shape index (κ3) is 6.26. The Hall–Kier alpha value is -2.05. The van der Waals surface area contributed by atoms with E-state index in [4.69, 9.17) is 4.74 Å². The lowest BCUT2D eigenvalue weighted by Gasteiger charge is -2.31. The van der Waals surface area contributed by atoms with E-state index in [0.717, 1.165) is 36.5 Å². The first kappa shape index (κ1) is 23.1. The predicted octanol–water partition coefficient (Wildman–Crippen LogP) is 5.22. The smallest absolute Gasteiger partial charge is 0.149 e. The number of rotatable bonds is 10. The van der Waals surface area contributed by atoms with Crippen LogP contribution < -0.4 is 10.6 Å². The highest BCUT2D eigenvalue weighted by Gasteiger charge is 2.36. The molecule has 0 aromatic carbocycles. The van der Waals surface area contributed by atoms with E-state index in [1.807, 2.05) is 18.3 Å². The van der Waals surface area contributed by atoms with E-state index < -0.39 is 0 Å². The summed E-state index contributed by atoms with van der Waals surface area (Å²) < 4.78 is 19.9. The molecule has 0 unspecified atom stereocenters. The second kappa shape index (κ2) is 10.3. The first-order chi connectivity index (χ1) is 15.4. The van der Waals surface area contributed by atoms with Gasteiger partial charge in [-0.05, 0) is 75.3 Å². The first-order valence-electron chi connectivity index (χ1n) is 12.0. The zero-order chi connectivity index (χ0) is 22.6.